The molecule has 0 spiro atoms. The molecule has 0 aliphatic heterocycles. The standard InChI is InChI=1S/C14H16FN3O2/c1-9-6-11(10(2)17(9)3)8-16-13-7-12(15)4-5-14(13)18(19)20/h4-7,16H,8H2,1-3H3. The predicted molar refractivity (Wildman–Crippen MR) is 75.3 cm³/mol. The summed E-state index contributed by atoms with van der Waals surface area (Å²) in [5, 5.41) is 13.8. The molecular weight excluding hydrogens is 261 g/mol. The van der Waals surface area contributed by atoms with Crippen molar-refractivity contribution in [1.82, 2.24) is 4.57 Å². The third-order valence-corrected chi connectivity index (χ3v) is 3.50. The molecule has 2 aromatic rings. The summed E-state index contributed by atoms with van der Waals surface area (Å²) in [5.41, 5.74) is 3.28. The molecule has 0 amide bonds. The Hall–Kier alpha value is -2.37. The number of aryl methyl sites for hydroxylation is 1. The number of benzene rings is 1. The summed E-state index contributed by atoms with van der Waals surface area (Å²) in [5.74, 6) is -0.501. The summed E-state index contributed by atoms with van der Waals surface area (Å²) in [6.07, 6.45) is 0. The lowest BCUT2D eigenvalue weighted by atomic mass is 10.2. The van der Waals surface area contributed by atoms with Crippen molar-refractivity contribution in [1.29, 1.82) is 0 Å². The Kier molecular flexibility index (Phi) is 3.74. The number of nitrogens with zero attached hydrogens (tertiary/aromatic N) is 2. The van der Waals surface area contributed by atoms with Gasteiger partial charge in [-0.05, 0) is 31.5 Å². The van der Waals surface area contributed by atoms with Gasteiger partial charge in [-0.2, -0.15) is 0 Å². The highest BCUT2D eigenvalue weighted by Gasteiger charge is 2.15. The molecule has 0 aliphatic rings. The second kappa shape index (κ2) is 5.32. The summed E-state index contributed by atoms with van der Waals surface area (Å²) in [4.78, 5) is 10.4. The quantitative estimate of drug-likeness (QED) is 0.689. The monoisotopic (exact) mass is 277 g/mol. The fourth-order valence-electron chi connectivity index (χ4n) is 2.11. The molecule has 0 aliphatic carbocycles. The first kappa shape index (κ1) is 14.0. The maximum Gasteiger partial charge on any atom is 0.292 e. The van der Waals surface area contributed by atoms with Crippen LogP contribution in [0.15, 0.2) is 24.3 Å². The van der Waals surface area contributed by atoms with Crippen molar-refractivity contribution >= 4 is 11.4 Å². The van der Waals surface area contributed by atoms with Crippen molar-refractivity contribution in [3.63, 3.8) is 0 Å². The van der Waals surface area contributed by atoms with Crippen LogP contribution in [0.3, 0.4) is 0 Å². The molecule has 0 saturated carbocycles. The zero-order valence-corrected chi connectivity index (χ0v) is 11.6. The first-order valence-electron chi connectivity index (χ1n) is 6.19. The molecule has 0 saturated heterocycles. The van der Waals surface area contributed by atoms with E-state index in [4.69, 9.17) is 0 Å². The Balaban J connectivity index is 2.24. The van der Waals surface area contributed by atoms with Gasteiger partial charge in [-0.25, -0.2) is 4.39 Å². The van der Waals surface area contributed by atoms with Crippen LogP contribution in [0.5, 0.6) is 0 Å². The summed E-state index contributed by atoms with van der Waals surface area (Å²) < 4.78 is 15.3. The number of nitro groups is 1. The van der Waals surface area contributed by atoms with Crippen LogP contribution in [0, 0.1) is 29.8 Å². The van der Waals surface area contributed by atoms with E-state index < -0.39 is 10.7 Å². The Morgan fingerprint density at radius 2 is 2.05 bits per heavy atom. The number of rotatable bonds is 4. The molecule has 0 radical (unpaired) electrons. The van der Waals surface area contributed by atoms with E-state index in [0.29, 0.717) is 6.54 Å². The minimum Gasteiger partial charge on any atom is -0.375 e. The molecule has 5 nitrogen and oxygen atoms in total. The zero-order chi connectivity index (χ0) is 14.9. The van der Waals surface area contributed by atoms with Crippen LogP contribution in [0.1, 0.15) is 17.0 Å². The number of halogens is 1. The summed E-state index contributed by atoms with van der Waals surface area (Å²) in [7, 11) is 1.96. The lowest BCUT2D eigenvalue weighted by Gasteiger charge is -2.07. The largest absolute Gasteiger partial charge is 0.375 e. The van der Waals surface area contributed by atoms with E-state index >= 15 is 0 Å². The second-order valence-electron chi connectivity index (χ2n) is 4.73. The van der Waals surface area contributed by atoms with E-state index in [1.54, 1.807) is 0 Å². The Morgan fingerprint density at radius 3 is 2.60 bits per heavy atom. The average molecular weight is 277 g/mol. The molecule has 1 N–H and O–H groups in total. The highest BCUT2D eigenvalue weighted by Crippen LogP contribution is 2.26. The van der Waals surface area contributed by atoms with E-state index in [1.165, 1.54) is 6.07 Å². The van der Waals surface area contributed by atoms with Crippen molar-refractivity contribution < 1.29 is 9.31 Å². The molecular formula is C14H16FN3O2. The van der Waals surface area contributed by atoms with Crippen molar-refractivity contribution in [2.24, 2.45) is 7.05 Å². The van der Waals surface area contributed by atoms with Gasteiger partial charge in [-0.15, -0.1) is 0 Å². The number of nitro benzene ring substituents is 1. The lowest BCUT2D eigenvalue weighted by Crippen LogP contribution is -2.04. The first-order valence-corrected chi connectivity index (χ1v) is 6.19. The number of hydrogen-bond acceptors (Lipinski definition) is 3. The molecule has 0 atom stereocenters. The Labute approximate surface area is 116 Å². The molecule has 2 rings (SSSR count). The van der Waals surface area contributed by atoms with Gasteiger partial charge in [0.25, 0.3) is 5.69 Å². The van der Waals surface area contributed by atoms with Gasteiger partial charge in [0.05, 0.1) is 4.92 Å². The van der Waals surface area contributed by atoms with Crippen LogP contribution in [0.4, 0.5) is 15.8 Å². The van der Waals surface area contributed by atoms with E-state index in [-0.39, 0.29) is 11.4 Å². The van der Waals surface area contributed by atoms with Gasteiger partial charge in [-0.1, -0.05) is 0 Å². The van der Waals surface area contributed by atoms with Gasteiger partial charge in [0.2, 0.25) is 0 Å². The third-order valence-electron chi connectivity index (χ3n) is 3.50. The highest BCUT2D eigenvalue weighted by molar-refractivity contribution is 5.61. The first-order chi connectivity index (χ1) is 9.40. The molecule has 106 valence electrons. The van der Waals surface area contributed by atoms with Crippen LogP contribution in [-0.2, 0) is 13.6 Å². The molecule has 20 heavy (non-hydrogen) atoms. The SMILES string of the molecule is Cc1cc(CNc2cc(F)ccc2[N+](=O)[O-])c(C)n1C. The van der Waals surface area contributed by atoms with E-state index in [0.717, 1.165) is 29.1 Å². The minimum absolute atomic E-state index is 0.128. The maximum absolute atomic E-state index is 13.2. The Morgan fingerprint density at radius 1 is 1.35 bits per heavy atom. The van der Waals surface area contributed by atoms with Crippen LogP contribution >= 0.6 is 0 Å². The van der Waals surface area contributed by atoms with E-state index in [9.17, 15) is 14.5 Å². The van der Waals surface area contributed by atoms with Gasteiger partial charge in [0.1, 0.15) is 11.5 Å². The summed E-state index contributed by atoms with van der Waals surface area (Å²) in [6.45, 7) is 4.38. The number of aromatic nitrogens is 1. The van der Waals surface area contributed by atoms with Gasteiger partial charge < -0.3 is 9.88 Å². The minimum atomic E-state index is -0.523. The van der Waals surface area contributed by atoms with Gasteiger partial charge >= 0.3 is 0 Å². The number of hydrogen-bond donors (Lipinski definition) is 1. The predicted octanol–water partition coefficient (Wildman–Crippen LogP) is 3.30. The number of anilines is 1. The van der Waals surface area contributed by atoms with Crippen molar-refractivity contribution in [2.75, 3.05) is 5.32 Å². The van der Waals surface area contributed by atoms with E-state index in [1.807, 2.05) is 31.5 Å². The molecule has 0 bridgehead atoms. The smallest absolute Gasteiger partial charge is 0.292 e. The normalized spacial score (nSPS) is 10.6. The fraction of sp³-hybridized carbons (Fsp3) is 0.286. The van der Waals surface area contributed by atoms with Crippen LogP contribution < -0.4 is 5.32 Å². The van der Waals surface area contributed by atoms with Crippen LogP contribution in [-0.4, -0.2) is 9.49 Å². The van der Waals surface area contributed by atoms with Crippen LogP contribution in [0.2, 0.25) is 0 Å². The lowest BCUT2D eigenvalue weighted by molar-refractivity contribution is -0.384. The average Bonchev–Trinajstić information content (AvgIpc) is 2.63. The highest BCUT2D eigenvalue weighted by atomic mass is 19.1. The van der Waals surface area contributed by atoms with Crippen molar-refractivity contribution in [3.05, 3.63) is 57.1 Å². The topological polar surface area (TPSA) is 60.1 Å². The summed E-state index contributed by atoms with van der Waals surface area (Å²) >= 11 is 0. The molecule has 0 unspecified atom stereocenters. The summed E-state index contributed by atoms with van der Waals surface area (Å²) in [6, 6.07) is 5.40. The Bertz CT molecular complexity index is 665. The van der Waals surface area contributed by atoms with Gasteiger partial charge in [0, 0.05) is 37.1 Å². The van der Waals surface area contributed by atoms with Crippen molar-refractivity contribution in [3.8, 4) is 0 Å². The zero-order valence-electron chi connectivity index (χ0n) is 11.6. The fourth-order valence-corrected chi connectivity index (χ4v) is 2.11. The molecule has 6 heteroatoms. The molecule has 1 aromatic carbocycles. The third kappa shape index (κ3) is 2.64. The number of nitrogens with one attached hydrogen (secondary N) is 1. The molecule has 0 fully saturated rings. The van der Waals surface area contributed by atoms with Gasteiger partial charge in [0.15, 0.2) is 0 Å². The van der Waals surface area contributed by atoms with Crippen LogP contribution in [0.25, 0.3) is 0 Å². The second-order valence-corrected chi connectivity index (χ2v) is 4.73. The van der Waals surface area contributed by atoms with Crippen molar-refractivity contribution in [2.45, 2.75) is 20.4 Å². The maximum atomic E-state index is 13.2. The van der Waals surface area contributed by atoms with Gasteiger partial charge in [-0.3, -0.25) is 10.1 Å². The molecule has 1 aromatic heterocycles. The molecule has 1 heterocycles. The van der Waals surface area contributed by atoms with E-state index in [2.05, 4.69) is 5.32 Å².